The van der Waals surface area contributed by atoms with Crippen molar-refractivity contribution in [2.75, 3.05) is 0 Å². The summed E-state index contributed by atoms with van der Waals surface area (Å²) in [4.78, 5) is 0. The predicted octanol–water partition coefficient (Wildman–Crippen LogP) is 2.50. The molecule has 17 heavy (non-hydrogen) atoms. The lowest BCUT2D eigenvalue weighted by Crippen LogP contribution is -2.12. The number of hydrogen-bond donors (Lipinski definition) is 1. The maximum Gasteiger partial charge on any atom is 0.200 e. The molecule has 1 N–H and O–H groups in total. The summed E-state index contributed by atoms with van der Waals surface area (Å²) >= 11 is 0. The second kappa shape index (κ2) is 4.51. The Labute approximate surface area is 92.2 Å². The normalized spacial score (nSPS) is 12.1. The van der Waals surface area contributed by atoms with E-state index in [2.05, 4.69) is 6.58 Å². The third-order valence-corrected chi connectivity index (χ3v) is 1.99. The van der Waals surface area contributed by atoms with E-state index < -0.39 is 46.3 Å². The van der Waals surface area contributed by atoms with Crippen molar-refractivity contribution in [2.24, 2.45) is 0 Å². The number of aliphatic hydroxyl groups is 1. The summed E-state index contributed by atoms with van der Waals surface area (Å²) in [5, 5.41) is 17.6. The van der Waals surface area contributed by atoms with Crippen LogP contribution in [0.3, 0.4) is 0 Å². The first-order chi connectivity index (χ1) is 7.82. The molecule has 0 aliphatic heterocycles. The van der Waals surface area contributed by atoms with Crippen molar-refractivity contribution in [3.05, 3.63) is 46.8 Å². The van der Waals surface area contributed by atoms with Gasteiger partial charge in [0.25, 0.3) is 0 Å². The maximum absolute atomic E-state index is 13.1. The van der Waals surface area contributed by atoms with Gasteiger partial charge in [-0.2, -0.15) is 5.26 Å². The average molecular weight is 249 g/mol. The molecule has 2 nitrogen and oxygen atoms in total. The van der Waals surface area contributed by atoms with Gasteiger partial charge in [-0.25, -0.2) is 22.0 Å². The molecule has 1 unspecified atom stereocenters. The summed E-state index contributed by atoms with van der Waals surface area (Å²) in [6, 6.07) is 1.25. The average Bonchev–Trinajstić information content (AvgIpc) is 2.32. The molecule has 90 valence electrons. The monoisotopic (exact) mass is 249 g/mol. The molecular formula is C10H4F5NO. The highest BCUT2D eigenvalue weighted by molar-refractivity contribution is 5.35. The summed E-state index contributed by atoms with van der Waals surface area (Å²) in [5.74, 6) is -11.1. The Kier molecular flexibility index (Phi) is 3.48. The number of benzene rings is 1. The summed E-state index contributed by atoms with van der Waals surface area (Å²) in [7, 11) is 0. The molecule has 0 bridgehead atoms. The van der Waals surface area contributed by atoms with Crippen molar-refractivity contribution in [1.29, 1.82) is 5.26 Å². The van der Waals surface area contributed by atoms with Crippen molar-refractivity contribution in [3.8, 4) is 6.07 Å². The number of nitriles is 1. The SMILES string of the molecule is C=C(C#N)C(O)c1c(F)c(F)c(F)c(F)c1F. The molecule has 1 atom stereocenters. The summed E-state index contributed by atoms with van der Waals surface area (Å²) < 4.78 is 64.4. The largest absolute Gasteiger partial charge is 0.383 e. The first kappa shape index (κ1) is 13.1. The minimum atomic E-state index is -2.33. The molecule has 1 aromatic rings. The Hall–Kier alpha value is -1.94. The Morgan fingerprint density at radius 2 is 1.35 bits per heavy atom. The second-order valence-corrected chi connectivity index (χ2v) is 3.02. The first-order valence-electron chi connectivity index (χ1n) is 4.11. The van der Waals surface area contributed by atoms with Crippen LogP contribution in [0, 0.1) is 40.4 Å². The number of halogens is 5. The van der Waals surface area contributed by atoms with Crippen LogP contribution in [-0.4, -0.2) is 5.11 Å². The third kappa shape index (κ3) is 1.99. The van der Waals surface area contributed by atoms with Gasteiger partial charge in [0.15, 0.2) is 23.3 Å². The zero-order valence-corrected chi connectivity index (χ0v) is 8.07. The van der Waals surface area contributed by atoms with E-state index in [0.717, 1.165) is 0 Å². The molecule has 1 rings (SSSR count). The van der Waals surface area contributed by atoms with Gasteiger partial charge in [0.1, 0.15) is 6.10 Å². The molecule has 0 fully saturated rings. The number of nitrogens with zero attached hydrogens (tertiary/aromatic N) is 1. The molecule has 0 aliphatic rings. The minimum Gasteiger partial charge on any atom is -0.383 e. The fraction of sp³-hybridized carbons (Fsp3) is 0.100. The van der Waals surface area contributed by atoms with Gasteiger partial charge in [0, 0.05) is 0 Å². The molecule has 0 aromatic heterocycles. The lowest BCUT2D eigenvalue weighted by atomic mass is 10.0. The van der Waals surface area contributed by atoms with Crippen molar-refractivity contribution in [2.45, 2.75) is 6.10 Å². The Morgan fingerprint density at radius 3 is 1.71 bits per heavy atom. The van der Waals surface area contributed by atoms with E-state index in [9.17, 15) is 27.1 Å². The molecule has 0 radical (unpaired) electrons. The second-order valence-electron chi connectivity index (χ2n) is 3.02. The zero-order chi connectivity index (χ0) is 13.3. The highest BCUT2D eigenvalue weighted by Crippen LogP contribution is 2.30. The van der Waals surface area contributed by atoms with Gasteiger partial charge in [-0.3, -0.25) is 0 Å². The van der Waals surface area contributed by atoms with Crippen LogP contribution < -0.4 is 0 Å². The van der Waals surface area contributed by atoms with Crippen LogP contribution in [-0.2, 0) is 0 Å². The van der Waals surface area contributed by atoms with E-state index in [1.54, 1.807) is 0 Å². The summed E-state index contributed by atoms with van der Waals surface area (Å²) in [5.41, 5.74) is -2.24. The van der Waals surface area contributed by atoms with Crippen molar-refractivity contribution >= 4 is 0 Å². The topological polar surface area (TPSA) is 44.0 Å². The molecular weight excluding hydrogens is 245 g/mol. The molecule has 0 saturated carbocycles. The Bertz CT molecular complexity index is 505. The molecule has 0 heterocycles. The van der Waals surface area contributed by atoms with Crippen LogP contribution in [0.25, 0.3) is 0 Å². The number of aliphatic hydroxyl groups excluding tert-OH is 1. The van der Waals surface area contributed by atoms with E-state index in [4.69, 9.17) is 5.26 Å². The standard InChI is InChI=1S/C10H4F5NO/c1-3(2-16)10(17)4-5(11)7(13)9(15)8(14)6(4)12/h10,17H,1H2. The minimum absolute atomic E-state index is 0.742. The lowest BCUT2D eigenvalue weighted by molar-refractivity contribution is 0.203. The van der Waals surface area contributed by atoms with Crippen LogP contribution in [0.2, 0.25) is 0 Å². The first-order valence-corrected chi connectivity index (χ1v) is 4.11. The van der Waals surface area contributed by atoms with Crippen molar-refractivity contribution < 1.29 is 27.1 Å². The van der Waals surface area contributed by atoms with Gasteiger partial charge in [-0.15, -0.1) is 0 Å². The van der Waals surface area contributed by atoms with Crippen LogP contribution in [0.1, 0.15) is 11.7 Å². The highest BCUT2D eigenvalue weighted by Gasteiger charge is 2.30. The quantitative estimate of drug-likeness (QED) is 0.379. The smallest absolute Gasteiger partial charge is 0.200 e. The van der Waals surface area contributed by atoms with Gasteiger partial charge in [-0.05, 0) is 0 Å². The van der Waals surface area contributed by atoms with Gasteiger partial charge >= 0.3 is 0 Å². The van der Waals surface area contributed by atoms with E-state index in [-0.39, 0.29) is 0 Å². The highest BCUT2D eigenvalue weighted by atomic mass is 19.2. The summed E-state index contributed by atoms with van der Waals surface area (Å²) in [6.07, 6.45) is -2.29. The fourth-order valence-corrected chi connectivity index (χ4v) is 1.10. The van der Waals surface area contributed by atoms with Crippen LogP contribution in [0.5, 0.6) is 0 Å². The van der Waals surface area contributed by atoms with E-state index in [0.29, 0.717) is 0 Å². The molecule has 0 spiro atoms. The van der Waals surface area contributed by atoms with E-state index >= 15 is 0 Å². The zero-order valence-electron chi connectivity index (χ0n) is 8.07. The molecule has 0 saturated heterocycles. The van der Waals surface area contributed by atoms with Gasteiger partial charge in [0.2, 0.25) is 5.82 Å². The summed E-state index contributed by atoms with van der Waals surface area (Å²) in [6.45, 7) is 2.93. The van der Waals surface area contributed by atoms with Crippen molar-refractivity contribution in [1.82, 2.24) is 0 Å². The fourth-order valence-electron chi connectivity index (χ4n) is 1.10. The van der Waals surface area contributed by atoms with Gasteiger partial charge in [0.05, 0.1) is 17.2 Å². The van der Waals surface area contributed by atoms with E-state index in [1.807, 2.05) is 0 Å². The molecule has 0 amide bonds. The number of rotatable bonds is 2. The molecule has 1 aromatic carbocycles. The Morgan fingerprint density at radius 1 is 1.00 bits per heavy atom. The van der Waals surface area contributed by atoms with E-state index in [1.165, 1.54) is 6.07 Å². The third-order valence-electron chi connectivity index (χ3n) is 1.99. The number of hydrogen-bond acceptors (Lipinski definition) is 2. The van der Waals surface area contributed by atoms with Crippen LogP contribution in [0.15, 0.2) is 12.2 Å². The lowest BCUT2D eigenvalue weighted by Gasteiger charge is -2.12. The Balaban J connectivity index is 3.56. The van der Waals surface area contributed by atoms with Crippen molar-refractivity contribution in [3.63, 3.8) is 0 Å². The molecule has 0 aliphatic carbocycles. The molecule has 7 heteroatoms. The van der Waals surface area contributed by atoms with Crippen LogP contribution in [0.4, 0.5) is 22.0 Å². The van der Waals surface area contributed by atoms with Crippen LogP contribution >= 0.6 is 0 Å². The van der Waals surface area contributed by atoms with Gasteiger partial charge in [-0.1, -0.05) is 6.58 Å². The predicted molar refractivity (Wildman–Crippen MR) is 45.9 cm³/mol. The van der Waals surface area contributed by atoms with Gasteiger partial charge < -0.3 is 5.11 Å². The maximum atomic E-state index is 13.1.